The number of carbonyl (C=O) groups excluding carboxylic acids is 1. The first kappa shape index (κ1) is 16.9. The summed E-state index contributed by atoms with van der Waals surface area (Å²) in [6, 6.07) is 13.2. The van der Waals surface area contributed by atoms with Crippen molar-refractivity contribution < 1.29 is 9.53 Å². The third-order valence-corrected chi connectivity index (χ3v) is 3.38. The van der Waals surface area contributed by atoms with Crippen LogP contribution in [0.3, 0.4) is 0 Å². The molecule has 2 amide bonds. The fraction of sp³-hybridized carbons (Fsp3) is 0.125. The zero-order valence-electron chi connectivity index (χ0n) is 12.0. The normalized spacial score (nSPS) is 9.78. The molecule has 0 fully saturated rings. The van der Waals surface area contributed by atoms with Crippen LogP contribution in [-0.4, -0.2) is 19.2 Å². The Morgan fingerprint density at radius 1 is 1.17 bits per heavy atom. The van der Waals surface area contributed by atoms with E-state index in [1.807, 2.05) is 6.07 Å². The molecule has 0 aliphatic carbocycles. The van der Waals surface area contributed by atoms with Gasteiger partial charge >= 0.3 is 6.03 Å². The van der Waals surface area contributed by atoms with Crippen molar-refractivity contribution >= 4 is 34.9 Å². The van der Waals surface area contributed by atoms with Crippen molar-refractivity contribution in [2.45, 2.75) is 0 Å². The number of nitrogens with one attached hydrogen (secondary N) is 2. The number of carbonyl (C=O) groups is 1. The number of hydrogen-bond acceptors (Lipinski definition) is 3. The molecule has 0 bridgehead atoms. The molecule has 2 aromatic rings. The van der Waals surface area contributed by atoms with Crippen molar-refractivity contribution in [2.24, 2.45) is 0 Å². The average molecular weight is 350 g/mol. The lowest BCUT2D eigenvalue weighted by Gasteiger charge is -2.09. The van der Waals surface area contributed by atoms with E-state index < -0.39 is 0 Å². The minimum Gasteiger partial charge on any atom is -0.492 e. The first-order chi connectivity index (χ1) is 11.1. The fourth-order valence-electron chi connectivity index (χ4n) is 1.72. The van der Waals surface area contributed by atoms with E-state index in [0.29, 0.717) is 35.2 Å². The van der Waals surface area contributed by atoms with E-state index in [1.165, 1.54) is 6.07 Å². The molecule has 0 aromatic heterocycles. The largest absolute Gasteiger partial charge is 0.492 e. The summed E-state index contributed by atoms with van der Waals surface area (Å²) in [5, 5.41) is 15.0. The second-order valence-electron chi connectivity index (χ2n) is 4.49. The predicted molar refractivity (Wildman–Crippen MR) is 90.1 cm³/mol. The molecule has 0 heterocycles. The van der Waals surface area contributed by atoms with Crippen LogP contribution in [0.2, 0.25) is 10.0 Å². The molecule has 2 aromatic carbocycles. The number of anilines is 1. The monoisotopic (exact) mass is 349 g/mol. The van der Waals surface area contributed by atoms with Gasteiger partial charge in [-0.3, -0.25) is 0 Å². The summed E-state index contributed by atoms with van der Waals surface area (Å²) in [5.74, 6) is 0.676. The van der Waals surface area contributed by atoms with Gasteiger partial charge in [0.1, 0.15) is 18.4 Å². The van der Waals surface area contributed by atoms with Crippen LogP contribution < -0.4 is 15.4 Å². The van der Waals surface area contributed by atoms with E-state index in [2.05, 4.69) is 10.6 Å². The van der Waals surface area contributed by atoms with Crippen molar-refractivity contribution in [3.63, 3.8) is 0 Å². The molecule has 0 atom stereocenters. The van der Waals surface area contributed by atoms with Crippen LogP contribution in [0.5, 0.6) is 5.75 Å². The summed E-state index contributed by atoms with van der Waals surface area (Å²) < 4.78 is 5.45. The molecule has 23 heavy (non-hydrogen) atoms. The quantitative estimate of drug-likeness (QED) is 0.799. The van der Waals surface area contributed by atoms with Crippen molar-refractivity contribution in [3.8, 4) is 11.8 Å². The molecule has 0 saturated heterocycles. The van der Waals surface area contributed by atoms with Crippen LogP contribution in [0.4, 0.5) is 10.5 Å². The van der Waals surface area contributed by atoms with Gasteiger partial charge in [0.25, 0.3) is 0 Å². The number of rotatable bonds is 5. The Hall–Kier alpha value is -2.42. The average Bonchev–Trinajstić information content (AvgIpc) is 2.53. The summed E-state index contributed by atoms with van der Waals surface area (Å²) in [4.78, 5) is 11.7. The standard InChI is InChI=1S/C16H13Cl2N3O2/c17-12-2-5-14(6-3-12)23-8-7-20-16(22)21-13-4-1-11(10-19)15(18)9-13/h1-6,9H,7-8H2,(H2,20,21,22). The lowest BCUT2D eigenvalue weighted by atomic mass is 10.2. The smallest absolute Gasteiger partial charge is 0.319 e. The zero-order valence-corrected chi connectivity index (χ0v) is 13.5. The van der Waals surface area contributed by atoms with E-state index in [-0.39, 0.29) is 11.1 Å². The first-order valence-electron chi connectivity index (χ1n) is 6.71. The van der Waals surface area contributed by atoms with Crippen LogP contribution in [0.15, 0.2) is 42.5 Å². The molecule has 0 aliphatic heterocycles. The zero-order chi connectivity index (χ0) is 16.7. The van der Waals surface area contributed by atoms with Gasteiger partial charge in [0.15, 0.2) is 0 Å². The predicted octanol–water partition coefficient (Wildman–Crippen LogP) is 4.07. The first-order valence-corrected chi connectivity index (χ1v) is 7.47. The van der Waals surface area contributed by atoms with Crippen LogP contribution in [0, 0.1) is 11.3 Å². The van der Waals surface area contributed by atoms with Crippen LogP contribution >= 0.6 is 23.2 Å². The molecule has 2 N–H and O–H groups in total. The van der Waals surface area contributed by atoms with Gasteiger partial charge < -0.3 is 15.4 Å². The number of amides is 2. The van der Waals surface area contributed by atoms with E-state index in [4.69, 9.17) is 33.2 Å². The Balaban J connectivity index is 1.74. The molecular formula is C16H13Cl2N3O2. The molecule has 0 radical (unpaired) electrons. The van der Waals surface area contributed by atoms with Crippen LogP contribution in [-0.2, 0) is 0 Å². The number of hydrogen-bond donors (Lipinski definition) is 2. The SMILES string of the molecule is N#Cc1ccc(NC(=O)NCCOc2ccc(Cl)cc2)cc1Cl. The van der Waals surface area contributed by atoms with Gasteiger partial charge in [-0.25, -0.2) is 4.79 Å². The maximum Gasteiger partial charge on any atom is 0.319 e. The van der Waals surface area contributed by atoms with Crippen LogP contribution in [0.25, 0.3) is 0 Å². The van der Waals surface area contributed by atoms with Gasteiger partial charge in [-0.2, -0.15) is 5.26 Å². The van der Waals surface area contributed by atoms with E-state index in [1.54, 1.807) is 36.4 Å². The van der Waals surface area contributed by atoms with Crippen molar-refractivity contribution in [3.05, 3.63) is 58.1 Å². The Kier molecular flexibility index (Phi) is 6.10. The van der Waals surface area contributed by atoms with Crippen molar-refractivity contribution in [1.29, 1.82) is 5.26 Å². The van der Waals surface area contributed by atoms with Gasteiger partial charge in [-0.1, -0.05) is 23.2 Å². The number of halogens is 2. The van der Waals surface area contributed by atoms with Crippen molar-refractivity contribution in [1.82, 2.24) is 5.32 Å². The van der Waals surface area contributed by atoms with E-state index >= 15 is 0 Å². The van der Waals surface area contributed by atoms with Gasteiger partial charge in [-0.05, 0) is 42.5 Å². The third kappa shape index (κ3) is 5.37. The molecule has 118 valence electrons. The minimum absolute atomic E-state index is 0.288. The van der Waals surface area contributed by atoms with Crippen molar-refractivity contribution in [2.75, 3.05) is 18.5 Å². The molecule has 0 saturated carbocycles. The van der Waals surface area contributed by atoms with Gasteiger partial charge in [0, 0.05) is 10.7 Å². The lowest BCUT2D eigenvalue weighted by Crippen LogP contribution is -2.32. The van der Waals surface area contributed by atoms with E-state index in [9.17, 15) is 4.79 Å². The number of nitrogens with zero attached hydrogens (tertiary/aromatic N) is 1. The third-order valence-electron chi connectivity index (χ3n) is 2.82. The maximum atomic E-state index is 11.7. The van der Waals surface area contributed by atoms with Gasteiger partial charge in [0.2, 0.25) is 0 Å². The molecule has 0 aliphatic rings. The Bertz CT molecular complexity index is 727. The van der Waals surface area contributed by atoms with Crippen LogP contribution in [0.1, 0.15) is 5.56 Å². The second kappa shape index (κ2) is 8.28. The fourth-order valence-corrected chi connectivity index (χ4v) is 2.07. The highest BCUT2D eigenvalue weighted by Gasteiger charge is 2.04. The highest BCUT2D eigenvalue weighted by atomic mass is 35.5. The summed E-state index contributed by atoms with van der Waals surface area (Å²) >= 11 is 11.7. The highest BCUT2D eigenvalue weighted by Crippen LogP contribution is 2.20. The number of benzene rings is 2. The lowest BCUT2D eigenvalue weighted by molar-refractivity contribution is 0.247. The summed E-state index contributed by atoms with van der Waals surface area (Å²) in [6.45, 7) is 0.654. The molecular weight excluding hydrogens is 337 g/mol. The Morgan fingerprint density at radius 2 is 1.91 bits per heavy atom. The van der Waals surface area contributed by atoms with Gasteiger partial charge in [-0.15, -0.1) is 0 Å². The van der Waals surface area contributed by atoms with E-state index in [0.717, 1.165) is 0 Å². The molecule has 7 heteroatoms. The van der Waals surface area contributed by atoms with Gasteiger partial charge in [0.05, 0.1) is 17.1 Å². The summed E-state index contributed by atoms with van der Waals surface area (Å²) in [5.41, 5.74) is 0.860. The summed E-state index contributed by atoms with van der Waals surface area (Å²) in [7, 11) is 0. The minimum atomic E-state index is -0.384. The second-order valence-corrected chi connectivity index (χ2v) is 5.33. The Labute approximate surface area is 143 Å². The number of ether oxygens (including phenoxy) is 1. The number of urea groups is 1. The number of nitriles is 1. The topological polar surface area (TPSA) is 74.2 Å². The molecule has 5 nitrogen and oxygen atoms in total. The summed E-state index contributed by atoms with van der Waals surface area (Å²) in [6.07, 6.45) is 0. The highest BCUT2D eigenvalue weighted by molar-refractivity contribution is 6.32. The Morgan fingerprint density at radius 3 is 2.57 bits per heavy atom. The molecule has 0 unspecified atom stereocenters. The molecule has 0 spiro atoms. The maximum absolute atomic E-state index is 11.7. The molecule has 2 rings (SSSR count).